The molecule has 3 atom stereocenters. The van der Waals surface area contributed by atoms with E-state index in [4.69, 9.17) is 10.5 Å². The molecule has 0 radical (unpaired) electrons. The Balaban J connectivity index is 1.93. The third-order valence-corrected chi connectivity index (χ3v) is 7.04. The number of anilines is 2. The zero-order chi connectivity index (χ0) is 34.4. The number of nitrogens with two attached hydrogens (primary N) is 1. The van der Waals surface area contributed by atoms with Crippen LogP contribution in [0.5, 0.6) is 0 Å². The maximum Gasteiger partial charge on any atom is 0.416 e. The lowest BCUT2D eigenvalue weighted by atomic mass is 9.89. The number of carbonyl (C=O) groups excluding carboxylic acids is 1. The summed E-state index contributed by atoms with van der Waals surface area (Å²) in [6.45, 7) is 5.65. The highest BCUT2D eigenvalue weighted by molar-refractivity contribution is 5.90. The van der Waals surface area contributed by atoms with Gasteiger partial charge in [0.25, 0.3) is 5.95 Å². The summed E-state index contributed by atoms with van der Waals surface area (Å²) in [7, 11) is 0. The number of hydrogen-bond acceptors (Lipinski definition) is 7. The molecule has 2 heterocycles. The van der Waals surface area contributed by atoms with Gasteiger partial charge in [0.05, 0.1) is 41.1 Å². The van der Waals surface area contributed by atoms with E-state index in [0.717, 1.165) is 27.9 Å². The molecule has 252 valence electrons. The van der Waals surface area contributed by atoms with Gasteiger partial charge >= 0.3 is 24.6 Å². The topological polar surface area (TPSA) is 102 Å². The fourth-order valence-corrected chi connectivity index (χ4v) is 5.15. The smallest absolute Gasteiger partial charge is 0.416 e. The molecule has 46 heavy (non-hydrogen) atoms. The predicted molar refractivity (Wildman–Crippen MR) is 146 cm³/mol. The van der Waals surface area contributed by atoms with E-state index in [1.165, 1.54) is 4.90 Å². The van der Waals surface area contributed by atoms with Crippen molar-refractivity contribution in [2.75, 3.05) is 9.80 Å². The highest BCUT2D eigenvalue weighted by atomic mass is 19.4. The molecule has 2 aromatic carbocycles. The molecule has 0 fully saturated rings. The fraction of sp³-hybridized carbons (Fsp3) is 0.500. The van der Waals surface area contributed by atoms with Crippen LogP contribution in [0.1, 0.15) is 68.0 Å². The number of halogens is 9. The molecule has 0 spiro atoms. The van der Waals surface area contributed by atoms with Gasteiger partial charge in [0.15, 0.2) is 0 Å². The molecule has 0 aliphatic carbocycles. The number of aromatic nitrogens is 4. The number of nitrogens with zero attached hydrogens (tertiary/aromatic N) is 6. The number of rotatable bonds is 7. The van der Waals surface area contributed by atoms with Crippen LogP contribution in [-0.4, -0.2) is 44.5 Å². The van der Waals surface area contributed by atoms with Gasteiger partial charge in [0.1, 0.15) is 0 Å². The fourth-order valence-electron chi connectivity index (χ4n) is 5.15. The van der Waals surface area contributed by atoms with Gasteiger partial charge in [-0.3, -0.25) is 4.90 Å². The summed E-state index contributed by atoms with van der Waals surface area (Å²) in [5.41, 5.74) is 0.944. The average molecular weight is 668 g/mol. The van der Waals surface area contributed by atoms with Crippen molar-refractivity contribution in [2.45, 2.75) is 90.0 Å². The molecule has 1 aromatic heterocycles. The molecule has 2 N–H and O–H groups in total. The third kappa shape index (κ3) is 7.82. The number of ether oxygens (including phenoxy) is 1. The van der Waals surface area contributed by atoms with E-state index in [2.05, 4.69) is 15.4 Å². The van der Waals surface area contributed by atoms with Crippen molar-refractivity contribution >= 4 is 17.7 Å². The standard InChI is InChI=1S/C28H30F9N7O2/c1-14(2)46-25(45)44-16(4)7-23(21-11-18(26(29,30)31)5-6-22(21)44)42(24-39-41-43(40-24)12-15(3)38)13-17-8-19(27(32,33)34)10-20(9-17)28(35,36)37/h5-6,8-11,14-16,23H,7,12-13,38H2,1-4H3/t15-,16?,23?/m0/s1. The van der Waals surface area contributed by atoms with Crippen LogP contribution < -0.4 is 15.5 Å². The second kappa shape index (κ2) is 12.6. The molecule has 0 saturated carbocycles. The Morgan fingerprint density at radius 2 is 1.54 bits per heavy atom. The molecule has 1 aliphatic rings. The normalized spacial score (nSPS) is 18.0. The molecule has 2 unspecified atom stereocenters. The second-order valence-electron chi connectivity index (χ2n) is 11.3. The summed E-state index contributed by atoms with van der Waals surface area (Å²) in [6.07, 6.45) is -16.7. The summed E-state index contributed by atoms with van der Waals surface area (Å²) in [5.74, 6) is -0.301. The monoisotopic (exact) mass is 667 g/mol. The molecular weight excluding hydrogens is 637 g/mol. The number of fused-ring (bicyclic) bond motifs is 1. The highest BCUT2D eigenvalue weighted by Crippen LogP contribution is 2.45. The number of alkyl halides is 9. The first-order valence-electron chi connectivity index (χ1n) is 13.9. The van der Waals surface area contributed by atoms with Gasteiger partial charge in [-0.1, -0.05) is 5.10 Å². The molecule has 1 amide bonds. The van der Waals surface area contributed by atoms with Crippen molar-refractivity contribution in [3.63, 3.8) is 0 Å². The molecule has 0 bridgehead atoms. The van der Waals surface area contributed by atoms with Crippen LogP contribution in [-0.2, 0) is 36.4 Å². The van der Waals surface area contributed by atoms with Crippen LogP contribution in [0.4, 0.5) is 55.9 Å². The van der Waals surface area contributed by atoms with Crippen molar-refractivity contribution in [1.82, 2.24) is 20.2 Å². The first kappa shape index (κ1) is 34.8. The summed E-state index contributed by atoms with van der Waals surface area (Å²) >= 11 is 0. The second-order valence-corrected chi connectivity index (χ2v) is 11.3. The molecular formula is C28H30F9N7O2. The van der Waals surface area contributed by atoms with Crippen LogP contribution in [0.2, 0.25) is 0 Å². The summed E-state index contributed by atoms with van der Waals surface area (Å²) in [6, 6.07) is 1.14. The summed E-state index contributed by atoms with van der Waals surface area (Å²) < 4.78 is 129. The van der Waals surface area contributed by atoms with Gasteiger partial charge in [-0.2, -0.15) is 44.3 Å². The van der Waals surface area contributed by atoms with Gasteiger partial charge in [0, 0.05) is 18.6 Å². The van der Waals surface area contributed by atoms with E-state index in [1.54, 1.807) is 27.7 Å². The maximum absolute atomic E-state index is 13.9. The van der Waals surface area contributed by atoms with Gasteiger partial charge in [-0.05, 0) is 86.9 Å². The Bertz CT molecular complexity index is 1520. The van der Waals surface area contributed by atoms with E-state index in [1.807, 2.05) is 0 Å². The first-order chi connectivity index (χ1) is 21.1. The van der Waals surface area contributed by atoms with E-state index >= 15 is 0 Å². The van der Waals surface area contributed by atoms with E-state index in [9.17, 15) is 44.3 Å². The molecule has 4 rings (SSSR count). The van der Waals surface area contributed by atoms with Gasteiger partial charge in [-0.15, -0.1) is 5.10 Å². The minimum atomic E-state index is -5.15. The SMILES string of the molecule is CC(C)OC(=O)N1c2ccc(C(F)(F)F)cc2C(N(Cc2cc(C(F)(F)F)cc(C(F)(F)F)c2)c2nnn(C[C@H](C)N)n2)CC1C. The maximum atomic E-state index is 13.9. The Labute approximate surface area is 257 Å². The minimum absolute atomic E-state index is 0.00426. The van der Waals surface area contributed by atoms with Crippen LogP contribution in [0, 0.1) is 0 Å². The number of amides is 1. The number of hydrogen-bond donors (Lipinski definition) is 1. The Hall–Kier alpha value is -4.09. The highest BCUT2D eigenvalue weighted by Gasteiger charge is 2.42. The van der Waals surface area contributed by atoms with E-state index < -0.39 is 77.7 Å². The lowest BCUT2D eigenvalue weighted by molar-refractivity contribution is -0.143. The zero-order valence-electron chi connectivity index (χ0n) is 24.9. The van der Waals surface area contributed by atoms with Gasteiger partial charge < -0.3 is 15.4 Å². The Kier molecular flexibility index (Phi) is 9.53. The summed E-state index contributed by atoms with van der Waals surface area (Å²) in [4.78, 5) is 16.4. The quantitative estimate of drug-likeness (QED) is 0.272. The van der Waals surface area contributed by atoms with E-state index in [-0.39, 0.29) is 36.2 Å². The minimum Gasteiger partial charge on any atom is -0.446 e. The van der Waals surface area contributed by atoms with Crippen LogP contribution >= 0.6 is 0 Å². The van der Waals surface area contributed by atoms with Crippen LogP contribution in [0.25, 0.3) is 0 Å². The largest absolute Gasteiger partial charge is 0.446 e. The van der Waals surface area contributed by atoms with Gasteiger partial charge in [0.2, 0.25) is 0 Å². The average Bonchev–Trinajstić information content (AvgIpc) is 3.36. The lowest BCUT2D eigenvalue weighted by Gasteiger charge is -2.43. The van der Waals surface area contributed by atoms with E-state index in [0.29, 0.717) is 12.1 Å². The Morgan fingerprint density at radius 3 is 2.07 bits per heavy atom. The molecule has 1 aliphatic heterocycles. The van der Waals surface area contributed by atoms with Crippen molar-refractivity contribution in [3.8, 4) is 0 Å². The van der Waals surface area contributed by atoms with Crippen molar-refractivity contribution in [3.05, 3.63) is 64.2 Å². The van der Waals surface area contributed by atoms with Crippen LogP contribution in [0.15, 0.2) is 36.4 Å². The molecule has 9 nitrogen and oxygen atoms in total. The number of benzene rings is 2. The zero-order valence-corrected chi connectivity index (χ0v) is 24.9. The van der Waals surface area contributed by atoms with Gasteiger partial charge in [-0.25, -0.2) is 4.79 Å². The Morgan fingerprint density at radius 1 is 0.957 bits per heavy atom. The van der Waals surface area contributed by atoms with Crippen LogP contribution in [0.3, 0.4) is 0 Å². The molecule has 18 heteroatoms. The molecule has 0 saturated heterocycles. The number of carbonyl (C=O) groups is 1. The van der Waals surface area contributed by atoms with Crippen molar-refractivity contribution in [2.24, 2.45) is 5.73 Å². The molecule has 3 aromatic rings. The first-order valence-corrected chi connectivity index (χ1v) is 13.9. The summed E-state index contributed by atoms with van der Waals surface area (Å²) in [5, 5.41) is 12.0. The van der Waals surface area contributed by atoms with Crippen molar-refractivity contribution < 1.29 is 49.0 Å². The lowest BCUT2D eigenvalue weighted by Crippen LogP contribution is -2.47. The third-order valence-electron chi connectivity index (χ3n) is 7.04. The predicted octanol–water partition coefficient (Wildman–Crippen LogP) is 6.97. The number of tetrazole rings is 1. The van der Waals surface area contributed by atoms with Crippen molar-refractivity contribution in [1.29, 1.82) is 0 Å².